The second-order valence-corrected chi connectivity index (χ2v) is 10.4. The molecule has 2 aliphatic heterocycles. The fourth-order valence-corrected chi connectivity index (χ4v) is 6.09. The van der Waals surface area contributed by atoms with Crippen molar-refractivity contribution in [1.29, 1.82) is 0 Å². The molecule has 0 amide bonds. The normalized spacial score (nSPS) is 18.2. The number of rotatable bonds is 6. The van der Waals surface area contributed by atoms with Gasteiger partial charge < -0.3 is 19.2 Å². The van der Waals surface area contributed by atoms with Crippen LogP contribution in [0.2, 0.25) is 5.02 Å². The Morgan fingerprint density at radius 1 is 1.06 bits per heavy atom. The molecule has 3 heterocycles. The summed E-state index contributed by atoms with van der Waals surface area (Å²) in [6.45, 7) is 1.49. The van der Waals surface area contributed by atoms with E-state index in [-0.39, 0.29) is 34.7 Å². The van der Waals surface area contributed by atoms with E-state index >= 15 is 0 Å². The summed E-state index contributed by atoms with van der Waals surface area (Å²) in [7, 11) is -3.98. The highest BCUT2D eigenvalue weighted by Crippen LogP contribution is 2.34. The molecule has 0 bridgehead atoms. The van der Waals surface area contributed by atoms with Gasteiger partial charge in [0.15, 0.2) is 11.5 Å². The van der Waals surface area contributed by atoms with E-state index < -0.39 is 10.0 Å². The van der Waals surface area contributed by atoms with Crippen molar-refractivity contribution < 1.29 is 22.6 Å². The SMILES string of the molecule is O=c1[nH]c2cc3c(cc2cc1CN(C[C@@H]1CCCO1)S(=O)(=O)c1ccccc1Cl)OCCO3. The van der Waals surface area contributed by atoms with E-state index in [0.717, 1.165) is 18.2 Å². The van der Waals surface area contributed by atoms with Gasteiger partial charge in [0.05, 0.1) is 16.6 Å². The molecule has 0 spiro atoms. The van der Waals surface area contributed by atoms with Crippen molar-refractivity contribution in [3.05, 3.63) is 63.4 Å². The number of hydrogen-bond acceptors (Lipinski definition) is 6. The second-order valence-electron chi connectivity index (χ2n) is 8.07. The van der Waals surface area contributed by atoms with Crippen LogP contribution in [0, 0.1) is 0 Å². The number of ether oxygens (including phenoxy) is 3. The molecule has 3 aromatic rings. The van der Waals surface area contributed by atoms with Gasteiger partial charge in [-0.1, -0.05) is 23.7 Å². The molecule has 1 fully saturated rings. The monoisotopic (exact) mass is 490 g/mol. The Morgan fingerprint density at radius 3 is 2.55 bits per heavy atom. The first-order valence-corrected chi connectivity index (χ1v) is 12.6. The molecule has 174 valence electrons. The zero-order valence-electron chi connectivity index (χ0n) is 17.8. The molecule has 1 atom stereocenters. The maximum Gasteiger partial charge on any atom is 0.252 e. The van der Waals surface area contributed by atoms with E-state index in [4.69, 9.17) is 25.8 Å². The summed E-state index contributed by atoms with van der Waals surface area (Å²) in [6, 6.07) is 11.5. The Labute approximate surface area is 196 Å². The average Bonchev–Trinajstić information content (AvgIpc) is 3.31. The van der Waals surface area contributed by atoms with Gasteiger partial charge >= 0.3 is 0 Å². The third-order valence-electron chi connectivity index (χ3n) is 5.82. The number of H-pyrrole nitrogens is 1. The molecular formula is C23H23ClN2O6S. The van der Waals surface area contributed by atoms with Crippen LogP contribution < -0.4 is 15.0 Å². The third-order valence-corrected chi connectivity index (χ3v) is 8.13. The maximum atomic E-state index is 13.5. The number of aromatic nitrogens is 1. The van der Waals surface area contributed by atoms with Gasteiger partial charge in [-0.05, 0) is 37.1 Å². The molecule has 0 radical (unpaired) electrons. The van der Waals surface area contributed by atoms with Gasteiger partial charge in [-0.15, -0.1) is 0 Å². The molecule has 0 unspecified atom stereocenters. The van der Waals surface area contributed by atoms with E-state index in [2.05, 4.69) is 4.98 Å². The quantitative estimate of drug-likeness (QED) is 0.569. The van der Waals surface area contributed by atoms with Crippen LogP contribution in [0.4, 0.5) is 0 Å². The summed E-state index contributed by atoms with van der Waals surface area (Å²) in [5.41, 5.74) is 0.534. The first-order chi connectivity index (χ1) is 15.9. The average molecular weight is 491 g/mol. The van der Waals surface area contributed by atoms with Crippen molar-refractivity contribution in [3.63, 3.8) is 0 Å². The Kier molecular flexibility index (Phi) is 6.05. The van der Waals surface area contributed by atoms with Crippen LogP contribution >= 0.6 is 11.6 Å². The molecule has 10 heteroatoms. The standard InChI is InChI=1S/C23H23ClN2O6S/c24-18-5-1-2-6-22(18)33(28,29)26(14-17-4-3-7-30-17)13-16-10-15-11-20-21(32-9-8-31-20)12-19(15)25-23(16)27/h1-2,5-6,10-12,17H,3-4,7-9,13-14H2,(H,25,27)/t17-/m0/s1. The number of nitrogens with one attached hydrogen (secondary N) is 1. The minimum Gasteiger partial charge on any atom is -0.486 e. The Morgan fingerprint density at radius 2 is 1.82 bits per heavy atom. The highest BCUT2D eigenvalue weighted by Gasteiger charge is 2.31. The topological polar surface area (TPSA) is 97.9 Å². The summed E-state index contributed by atoms with van der Waals surface area (Å²) in [6.07, 6.45) is 1.39. The highest BCUT2D eigenvalue weighted by atomic mass is 35.5. The zero-order valence-corrected chi connectivity index (χ0v) is 19.3. The zero-order chi connectivity index (χ0) is 23.0. The van der Waals surface area contributed by atoms with Crippen LogP contribution in [-0.4, -0.2) is 50.2 Å². The summed E-state index contributed by atoms with van der Waals surface area (Å²) >= 11 is 6.22. The van der Waals surface area contributed by atoms with E-state index in [1.165, 1.54) is 16.4 Å². The Balaban J connectivity index is 1.54. The largest absolute Gasteiger partial charge is 0.486 e. The Hall–Kier alpha value is -2.59. The molecular weight excluding hydrogens is 468 g/mol. The Bertz CT molecular complexity index is 1350. The number of fused-ring (bicyclic) bond motifs is 2. The van der Waals surface area contributed by atoms with E-state index in [9.17, 15) is 13.2 Å². The van der Waals surface area contributed by atoms with Gasteiger partial charge in [0.25, 0.3) is 5.56 Å². The van der Waals surface area contributed by atoms with Crippen LogP contribution in [0.25, 0.3) is 10.9 Å². The summed E-state index contributed by atoms with van der Waals surface area (Å²) in [5, 5.41) is 0.854. The predicted octanol–water partition coefficient (Wildman–Crippen LogP) is 3.32. The number of pyridine rings is 1. The highest BCUT2D eigenvalue weighted by molar-refractivity contribution is 7.89. The number of sulfonamides is 1. The van der Waals surface area contributed by atoms with E-state index in [0.29, 0.717) is 42.4 Å². The second kappa shape index (κ2) is 8.98. The molecule has 2 aromatic carbocycles. The molecule has 0 aliphatic carbocycles. The first-order valence-electron chi connectivity index (χ1n) is 10.7. The minimum absolute atomic E-state index is 0.00139. The molecule has 5 rings (SSSR count). The van der Waals surface area contributed by atoms with E-state index in [1.807, 2.05) is 0 Å². The molecule has 2 aliphatic rings. The number of benzene rings is 2. The lowest BCUT2D eigenvalue weighted by Gasteiger charge is -2.25. The molecule has 1 aromatic heterocycles. The first kappa shape index (κ1) is 22.2. The van der Waals surface area contributed by atoms with Crippen molar-refractivity contribution >= 4 is 32.5 Å². The van der Waals surface area contributed by atoms with Crippen LogP contribution in [-0.2, 0) is 21.3 Å². The van der Waals surface area contributed by atoms with Gasteiger partial charge in [-0.2, -0.15) is 4.31 Å². The summed E-state index contributed by atoms with van der Waals surface area (Å²) in [4.78, 5) is 15.7. The molecule has 1 N–H and O–H groups in total. The minimum atomic E-state index is -3.98. The fraction of sp³-hybridized carbons (Fsp3) is 0.348. The number of halogens is 1. The van der Waals surface area contributed by atoms with Crippen LogP contribution in [0.5, 0.6) is 11.5 Å². The van der Waals surface area contributed by atoms with Crippen LogP contribution in [0.1, 0.15) is 18.4 Å². The molecule has 0 saturated carbocycles. The number of aromatic amines is 1. The lowest BCUT2D eigenvalue weighted by Crippen LogP contribution is -2.38. The maximum absolute atomic E-state index is 13.5. The van der Waals surface area contributed by atoms with E-state index in [1.54, 1.807) is 30.3 Å². The number of nitrogens with zero attached hydrogens (tertiary/aromatic N) is 1. The lowest BCUT2D eigenvalue weighted by molar-refractivity contribution is 0.0925. The third kappa shape index (κ3) is 4.46. The van der Waals surface area contributed by atoms with Crippen molar-refractivity contribution in [1.82, 2.24) is 9.29 Å². The van der Waals surface area contributed by atoms with Crippen LogP contribution in [0.3, 0.4) is 0 Å². The number of hydrogen-bond donors (Lipinski definition) is 1. The van der Waals surface area contributed by atoms with Gasteiger partial charge in [0.1, 0.15) is 18.1 Å². The van der Waals surface area contributed by atoms with Gasteiger partial charge in [-0.3, -0.25) is 4.79 Å². The van der Waals surface area contributed by atoms with Gasteiger partial charge in [-0.25, -0.2) is 8.42 Å². The van der Waals surface area contributed by atoms with Crippen molar-refractivity contribution in [2.45, 2.75) is 30.4 Å². The molecule has 33 heavy (non-hydrogen) atoms. The van der Waals surface area contributed by atoms with Crippen LogP contribution in [0.15, 0.2) is 52.2 Å². The lowest BCUT2D eigenvalue weighted by atomic mass is 10.1. The molecule has 1 saturated heterocycles. The predicted molar refractivity (Wildman–Crippen MR) is 124 cm³/mol. The van der Waals surface area contributed by atoms with Gasteiger partial charge in [0, 0.05) is 36.7 Å². The smallest absolute Gasteiger partial charge is 0.252 e. The van der Waals surface area contributed by atoms with Crippen molar-refractivity contribution in [2.75, 3.05) is 26.4 Å². The fourth-order valence-electron chi connectivity index (χ4n) is 4.15. The summed E-state index contributed by atoms with van der Waals surface area (Å²) in [5.74, 6) is 1.16. The molecule has 8 nitrogen and oxygen atoms in total. The van der Waals surface area contributed by atoms with Gasteiger partial charge in [0.2, 0.25) is 10.0 Å². The van der Waals surface area contributed by atoms with Crippen molar-refractivity contribution in [3.8, 4) is 11.5 Å². The van der Waals surface area contributed by atoms with Crippen molar-refractivity contribution in [2.24, 2.45) is 0 Å². The summed E-state index contributed by atoms with van der Waals surface area (Å²) < 4.78 is 45.3.